The maximum atomic E-state index is 8.24. The summed E-state index contributed by atoms with van der Waals surface area (Å²) < 4.78 is 5.61. The molecule has 1 aliphatic heterocycles. The van der Waals surface area contributed by atoms with Crippen LogP contribution in [0.25, 0.3) is 0 Å². The standard InChI is InChI=1S/C12H22N2O/c1-10-9-14(7-4-8-15-10)12(13)11-5-2-3-6-11/h10-11,13H,2-9H2,1H3. The van der Waals surface area contributed by atoms with Crippen molar-refractivity contribution in [3.8, 4) is 0 Å². The van der Waals surface area contributed by atoms with Gasteiger partial charge >= 0.3 is 0 Å². The first-order valence-electron chi connectivity index (χ1n) is 6.22. The number of nitrogens with zero attached hydrogens (tertiary/aromatic N) is 1. The maximum absolute atomic E-state index is 8.24. The molecule has 0 bridgehead atoms. The van der Waals surface area contributed by atoms with E-state index in [1.165, 1.54) is 25.7 Å². The van der Waals surface area contributed by atoms with Crippen LogP contribution in [-0.4, -0.2) is 36.5 Å². The number of hydrogen-bond acceptors (Lipinski definition) is 2. The van der Waals surface area contributed by atoms with Gasteiger partial charge in [-0.1, -0.05) is 12.8 Å². The summed E-state index contributed by atoms with van der Waals surface area (Å²) in [6, 6.07) is 0. The van der Waals surface area contributed by atoms with Crippen LogP contribution in [0.4, 0.5) is 0 Å². The molecular weight excluding hydrogens is 188 g/mol. The highest BCUT2D eigenvalue weighted by Crippen LogP contribution is 2.27. The van der Waals surface area contributed by atoms with Gasteiger partial charge in [0.15, 0.2) is 0 Å². The van der Waals surface area contributed by atoms with Gasteiger partial charge in [-0.2, -0.15) is 0 Å². The Kier molecular flexibility index (Phi) is 3.62. The summed E-state index contributed by atoms with van der Waals surface area (Å²) in [5.74, 6) is 1.42. The molecule has 2 fully saturated rings. The first-order chi connectivity index (χ1) is 7.27. The molecule has 0 aromatic heterocycles. The van der Waals surface area contributed by atoms with Crippen LogP contribution in [0, 0.1) is 11.3 Å². The van der Waals surface area contributed by atoms with Crippen LogP contribution in [-0.2, 0) is 4.74 Å². The van der Waals surface area contributed by atoms with Crippen LogP contribution in [0.1, 0.15) is 39.0 Å². The van der Waals surface area contributed by atoms with E-state index < -0.39 is 0 Å². The average Bonchev–Trinajstić information content (AvgIpc) is 2.67. The van der Waals surface area contributed by atoms with Crippen LogP contribution in [0.15, 0.2) is 0 Å². The first-order valence-corrected chi connectivity index (χ1v) is 6.22. The van der Waals surface area contributed by atoms with Gasteiger partial charge in [0.25, 0.3) is 0 Å². The largest absolute Gasteiger partial charge is 0.377 e. The van der Waals surface area contributed by atoms with E-state index in [9.17, 15) is 0 Å². The molecule has 3 heteroatoms. The Hall–Kier alpha value is -0.570. The molecule has 0 spiro atoms. The number of rotatable bonds is 1. The van der Waals surface area contributed by atoms with Crippen molar-refractivity contribution in [1.29, 1.82) is 5.41 Å². The molecule has 0 amide bonds. The number of hydrogen-bond donors (Lipinski definition) is 1. The Bertz CT molecular complexity index is 224. The molecule has 0 radical (unpaired) electrons. The van der Waals surface area contributed by atoms with Gasteiger partial charge in [0.05, 0.1) is 11.9 Å². The lowest BCUT2D eigenvalue weighted by Crippen LogP contribution is -2.38. The Balaban J connectivity index is 1.92. The molecule has 0 aromatic carbocycles. The zero-order chi connectivity index (χ0) is 10.7. The Labute approximate surface area is 92.3 Å². The molecule has 1 N–H and O–H groups in total. The summed E-state index contributed by atoms with van der Waals surface area (Å²) in [6.07, 6.45) is 6.43. The maximum Gasteiger partial charge on any atom is 0.0990 e. The van der Waals surface area contributed by atoms with Gasteiger partial charge in [0.2, 0.25) is 0 Å². The average molecular weight is 210 g/mol. The molecule has 1 unspecified atom stereocenters. The Morgan fingerprint density at radius 2 is 2.00 bits per heavy atom. The van der Waals surface area contributed by atoms with Gasteiger partial charge in [0, 0.05) is 25.6 Å². The number of ether oxygens (including phenoxy) is 1. The van der Waals surface area contributed by atoms with Crippen molar-refractivity contribution in [2.24, 2.45) is 5.92 Å². The Morgan fingerprint density at radius 1 is 1.27 bits per heavy atom. The van der Waals surface area contributed by atoms with Crippen LogP contribution in [0.5, 0.6) is 0 Å². The van der Waals surface area contributed by atoms with Crippen molar-refractivity contribution in [3.63, 3.8) is 0 Å². The topological polar surface area (TPSA) is 36.3 Å². The van der Waals surface area contributed by atoms with Crippen LogP contribution in [0.2, 0.25) is 0 Å². The molecule has 1 saturated heterocycles. The fourth-order valence-corrected chi connectivity index (χ4v) is 2.67. The van der Waals surface area contributed by atoms with Crippen molar-refractivity contribution in [3.05, 3.63) is 0 Å². The third-order valence-electron chi connectivity index (χ3n) is 3.53. The molecule has 86 valence electrons. The predicted molar refractivity (Wildman–Crippen MR) is 61.3 cm³/mol. The van der Waals surface area contributed by atoms with Gasteiger partial charge in [-0.15, -0.1) is 0 Å². The fraction of sp³-hybridized carbons (Fsp3) is 0.917. The smallest absolute Gasteiger partial charge is 0.0990 e. The highest BCUT2D eigenvalue weighted by Gasteiger charge is 2.25. The third kappa shape index (κ3) is 2.71. The summed E-state index contributed by atoms with van der Waals surface area (Å²) in [5, 5.41) is 8.24. The molecule has 0 aromatic rings. The minimum atomic E-state index is 0.286. The van der Waals surface area contributed by atoms with Gasteiger partial charge in [-0.05, 0) is 26.2 Å². The van der Waals surface area contributed by atoms with Gasteiger partial charge < -0.3 is 9.64 Å². The summed E-state index contributed by atoms with van der Waals surface area (Å²) >= 11 is 0. The van der Waals surface area contributed by atoms with Gasteiger partial charge in [0.1, 0.15) is 0 Å². The van der Waals surface area contributed by atoms with Crippen LogP contribution in [0.3, 0.4) is 0 Å². The lowest BCUT2D eigenvalue weighted by atomic mass is 10.1. The molecule has 3 nitrogen and oxygen atoms in total. The molecule has 15 heavy (non-hydrogen) atoms. The van der Waals surface area contributed by atoms with Crippen LogP contribution < -0.4 is 0 Å². The number of amidine groups is 1. The minimum Gasteiger partial charge on any atom is -0.377 e. The highest BCUT2D eigenvalue weighted by molar-refractivity contribution is 5.82. The summed E-state index contributed by atoms with van der Waals surface area (Å²) in [6.45, 7) is 4.89. The lowest BCUT2D eigenvalue weighted by Gasteiger charge is -2.28. The van der Waals surface area contributed by atoms with E-state index in [1.54, 1.807) is 0 Å². The van der Waals surface area contributed by atoms with E-state index in [0.717, 1.165) is 32.0 Å². The monoisotopic (exact) mass is 210 g/mol. The van der Waals surface area contributed by atoms with Crippen LogP contribution >= 0.6 is 0 Å². The number of nitrogens with one attached hydrogen (secondary N) is 1. The Morgan fingerprint density at radius 3 is 2.73 bits per heavy atom. The molecule has 2 rings (SSSR count). The van der Waals surface area contributed by atoms with Crippen molar-refractivity contribution >= 4 is 5.84 Å². The predicted octanol–water partition coefficient (Wildman–Crippen LogP) is 2.26. The van der Waals surface area contributed by atoms with Crippen molar-refractivity contribution in [2.75, 3.05) is 19.7 Å². The molecule has 1 atom stereocenters. The highest BCUT2D eigenvalue weighted by atomic mass is 16.5. The molecule has 2 aliphatic rings. The second-order valence-corrected chi connectivity index (χ2v) is 4.85. The third-order valence-corrected chi connectivity index (χ3v) is 3.53. The SMILES string of the molecule is CC1CN(C(=N)C2CCCC2)CCCO1. The lowest BCUT2D eigenvalue weighted by molar-refractivity contribution is 0.0739. The summed E-state index contributed by atoms with van der Waals surface area (Å²) in [7, 11) is 0. The zero-order valence-corrected chi connectivity index (χ0v) is 9.67. The quantitative estimate of drug-likeness (QED) is 0.532. The van der Waals surface area contributed by atoms with E-state index in [4.69, 9.17) is 10.1 Å². The summed E-state index contributed by atoms with van der Waals surface area (Å²) in [5.41, 5.74) is 0. The van der Waals surface area contributed by atoms with Gasteiger partial charge in [-0.25, -0.2) is 0 Å². The van der Waals surface area contributed by atoms with E-state index in [0.29, 0.717) is 5.92 Å². The normalized spacial score (nSPS) is 29.1. The van der Waals surface area contributed by atoms with E-state index in [1.807, 2.05) is 0 Å². The second kappa shape index (κ2) is 4.97. The second-order valence-electron chi connectivity index (χ2n) is 4.85. The zero-order valence-electron chi connectivity index (χ0n) is 9.67. The van der Waals surface area contributed by atoms with Gasteiger partial charge in [-0.3, -0.25) is 5.41 Å². The molecule has 1 heterocycles. The minimum absolute atomic E-state index is 0.286. The molecule has 1 saturated carbocycles. The molecule has 1 aliphatic carbocycles. The fourth-order valence-electron chi connectivity index (χ4n) is 2.67. The summed E-state index contributed by atoms with van der Waals surface area (Å²) in [4.78, 5) is 2.24. The molecular formula is C12H22N2O. The van der Waals surface area contributed by atoms with Crippen molar-refractivity contribution < 1.29 is 4.74 Å². The van der Waals surface area contributed by atoms with E-state index in [2.05, 4.69) is 11.8 Å². The first kappa shape index (κ1) is 10.9. The van der Waals surface area contributed by atoms with E-state index >= 15 is 0 Å². The van der Waals surface area contributed by atoms with E-state index in [-0.39, 0.29) is 6.10 Å². The van der Waals surface area contributed by atoms with Crippen molar-refractivity contribution in [1.82, 2.24) is 4.90 Å². The van der Waals surface area contributed by atoms with Crippen molar-refractivity contribution in [2.45, 2.75) is 45.1 Å².